The van der Waals surface area contributed by atoms with E-state index in [1.165, 1.54) is 5.57 Å². The zero-order valence-electron chi connectivity index (χ0n) is 28.8. The first-order valence-corrected chi connectivity index (χ1v) is 15.8. The molecule has 0 saturated carbocycles. The second kappa shape index (κ2) is 11.0. The number of fused-ring (bicyclic) bond motifs is 5. The largest absolute Gasteiger partial charge is 0.293 e. The second-order valence-electron chi connectivity index (χ2n) is 17.3. The van der Waals surface area contributed by atoms with Crippen molar-refractivity contribution < 1.29 is 0 Å². The molecule has 0 aliphatic carbocycles. The first-order chi connectivity index (χ1) is 20.2. The number of allylic oxidation sites excluding steroid dienone is 7. The molecule has 0 amide bonds. The summed E-state index contributed by atoms with van der Waals surface area (Å²) in [5, 5.41) is 4.64. The van der Waals surface area contributed by atoms with E-state index in [2.05, 4.69) is 111 Å². The summed E-state index contributed by atoms with van der Waals surface area (Å²) in [7, 11) is 0. The zero-order chi connectivity index (χ0) is 32.2. The average molecular weight is 595 g/mol. The summed E-state index contributed by atoms with van der Waals surface area (Å²) in [5.74, 6) is 1.82. The molecule has 0 aromatic carbocycles. The van der Waals surface area contributed by atoms with Crippen LogP contribution in [0.2, 0.25) is 0 Å². The molecule has 0 unspecified atom stereocenters. The van der Waals surface area contributed by atoms with Crippen molar-refractivity contribution in [3.63, 3.8) is 0 Å². The molecule has 8 nitrogen and oxygen atoms in total. The van der Waals surface area contributed by atoms with E-state index < -0.39 is 0 Å². The van der Waals surface area contributed by atoms with E-state index in [4.69, 9.17) is 25.0 Å². The Hall–Kier alpha value is -3.68. The molecule has 0 aromatic rings. The molecular formula is C36H50N8. The number of hydrogen-bond acceptors (Lipinski definition) is 8. The summed E-state index contributed by atoms with van der Waals surface area (Å²) in [6.45, 7) is 27.7. The third-order valence-electron chi connectivity index (χ3n) is 7.18. The summed E-state index contributed by atoms with van der Waals surface area (Å²) in [4.78, 5) is 27.6. The molecule has 0 spiro atoms. The molecule has 0 radical (unpaired) electrons. The van der Waals surface area contributed by atoms with E-state index in [1.807, 2.05) is 18.2 Å². The molecule has 234 valence electrons. The van der Waals surface area contributed by atoms with Crippen molar-refractivity contribution in [1.82, 2.24) is 10.3 Å². The highest BCUT2D eigenvalue weighted by molar-refractivity contribution is 6.54. The summed E-state index contributed by atoms with van der Waals surface area (Å²) < 4.78 is 0. The lowest BCUT2D eigenvalue weighted by Gasteiger charge is -2.27. The van der Waals surface area contributed by atoms with Gasteiger partial charge in [-0.3, -0.25) is 10.3 Å². The fourth-order valence-corrected chi connectivity index (χ4v) is 5.71. The minimum Gasteiger partial charge on any atom is -0.293 e. The lowest BCUT2D eigenvalue weighted by Crippen LogP contribution is -2.35. The topological polar surface area (TPSA) is 89.4 Å². The second-order valence-corrected chi connectivity index (χ2v) is 17.3. The van der Waals surface area contributed by atoms with E-state index in [1.54, 1.807) is 0 Å². The number of nitrogens with one attached hydrogen (secondary N) is 1. The van der Waals surface area contributed by atoms with Crippen LogP contribution in [0.5, 0.6) is 0 Å². The first kappa shape index (κ1) is 31.7. The molecule has 5 aliphatic rings. The van der Waals surface area contributed by atoms with Crippen molar-refractivity contribution in [2.24, 2.45) is 51.7 Å². The highest BCUT2D eigenvalue weighted by Crippen LogP contribution is 2.39. The van der Waals surface area contributed by atoms with Gasteiger partial charge in [0, 0.05) is 18.2 Å². The summed E-state index contributed by atoms with van der Waals surface area (Å²) in [6, 6.07) is 0. The molecule has 44 heavy (non-hydrogen) atoms. The monoisotopic (exact) mass is 594 g/mol. The van der Waals surface area contributed by atoms with Gasteiger partial charge in [-0.25, -0.2) is 20.0 Å². The molecule has 0 atom stereocenters. The molecule has 8 bridgehead atoms. The van der Waals surface area contributed by atoms with Crippen molar-refractivity contribution in [2.75, 3.05) is 6.54 Å². The maximum atomic E-state index is 5.30. The zero-order valence-corrected chi connectivity index (χ0v) is 28.8. The predicted octanol–water partition coefficient (Wildman–Crippen LogP) is 8.15. The van der Waals surface area contributed by atoms with Crippen molar-refractivity contribution in [2.45, 2.75) is 102 Å². The molecule has 5 rings (SSSR count). The summed E-state index contributed by atoms with van der Waals surface area (Å²) in [6.07, 6.45) is 12.9. The van der Waals surface area contributed by atoms with Gasteiger partial charge in [-0.05, 0) is 70.8 Å². The number of guanidine groups is 2. The highest BCUT2D eigenvalue weighted by atomic mass is 15.5. The lowest BCUT2D eigenvalue weighted by atomic mass is 9.79. The quantitative estimate of drug-likeness (QED) is 0.356. The average Bonchev–Trinajstić information content (AvgIpc) is 3.59. The van der Waals surface area contributed by atoms with Gasteiger partial charge in [0.1, 0.15) is 5.82 Å². The summed E-state index contributed by atoms with van der Waals surface area (Å²) in [5.41, 5.74) is 11.2. The Kier molecular flexibility index (Phi) is 7.96. The van der Waals surface area contributed by atoms with Gasteiger partial charge >= 0.3 is 0 Å². The van der Waals surface area contributed by atoms with Crippen molar-refractivity contribution in [1.29, 1.82) is 0 Å². The third-order valence-corrected chi connectivity index (χ3v) is 7.18. The summed E-state index contributed by atoms with van der Waals surface area (Å²) >= 11 is 0. The van der Waals surface area contributed by atoms with Crippen LogP contribution in [0.1, 0.15) is 102 Å². The molecule has 0 saturated heterocycles. The van der Waals surface area contributed by atoms with Crippen LogP contribution in [-0.2, 0) is 0 Å². The normalized spacial score (nSPS) is 20.5. The minimum atomic E-state index is -0.00713. The number of aliphatic imine (C=N–C) groups is 5. The SMILES string of the molecule is CC(C)(C)CC1=CC2=NC1=C(CC(C)(C)C)C1=NC(=NC3=NNC(=CC4=NC(=C2)C=C4)N3CC(C)(C)C)N=C1CC(C)(C)C. The van der Waals surface area contributed by atoms with Gasteiger partial charge < -0.3 is 0 Å². The number of rotatable bonds is 4. The van der Waals surface area contributed by atoms with Crippen LogP contribution in [-0.4, -0.2) is 46.2 Å². The molecule has 8 heteroatoms. The van der Waals surface area contributed by atoms with Gasteiger partial charge in [0.15, 0.2) is 0 Å². The van der Waals surface area contributed by atoms with Crippen LogP contribution in [0.25, 0.3) is 0 Å². The molecule has 5 aliphatic heterocycles. The maximum absolute atomic E-state index is 5.30. The number of hydrogen-bond donors (Lipinski definition) is 1. The standard InChI is InChI=1S/C36H50N8/c1-33(2,3)18-22-15-25-16-23-13-14-24(37-23)17-28-42-43-32(44(28)21-36(10,11)12)41-31-39-27(20-35(7,8)9)30(40-31)26(29(22)38-25)19-34(4,5)6/h13-17,42H,18-21H2,1-12H3. The van der Waals surface area contributed by atoms with Crippen LogP contribution in [0.4, 0.5) is 0 Å². The maximum Gasteiger partial charge on any atom is 0.253 e. The molecular weight excluding hydrogens is 544 g/mol. The van der Waals surface area contributed by atoms with Gasteiger partial charge in [-0.2, -0.15) is 4.99 Å². The van der Waals surface area contributed by atoms with E-state index in [-0.39, 0.29) is 21.7 Å². The Morgan fingerprint density at radius 2 is 1.32 bits per heavy atom. The fraction of sp³-hybridized carbons (Fsp3) is 0.556. The fourth-order valence-electron chi connectivity index (χ4n) is 5.71. The van der Waals surface area contributed by atoms with Gasteiger partial charge in [-0.1, -0.05) is 83.1 Å². The minimum absolute atomic E-state index is 0.00193. The number of nitrogens with zero attached hydrogens (tertiary/aromatic N) is 7. The molecule has 5 heterocycles. The number of hydrazone groups is 1. The van der Waals surface area contributed by atoms with Gasteiger partial charge in [0.25, 0.3) is 11.9 Å². The van der Waals surface area contributed by atoms with Crippen molar-refractivity contribution in [3.05, 3.63) is 58.7 Å². The van der Waals surface area contributed by atoms with E-state index in [0.717, 1.165) is 64.9 Å². The highest BCUT2D eigenvalue weighted by Gasteiger charge is 2.34. The van der Waals surface area contributed by atoms with E-state index >= 15 is 0 Å². The first-order valence-electron chi connectivity index (χ1n) is 15.8. The van der Waals surface area contributed by atoms with Crippen LogP contribution < -0.4 is 5.43 Å². The predicted molar refractivity (Wildman–Crippen MR) is 187 cm³/mol. The van der Waals surface area contributed by atoms with Gasteiger partial charge in [0.05, 0.1) is 34.2 Å². The van der Waals surface area contributed by atoms with Crippen molar-refractivity contribution >= 4 is 34.8 Å². The Bertz CT molecular complexity index is 1580. The third kappa shape index (κ3) is 7.88. The van der Waals surface area contributed by atoms with Gasteiger partial charge in [-0.15, -0.1) is 5.10 Å². The van der Waals surface area contributed by atoms with Crippen LogP contribution >= 0.6 is 0 Å². The van der Waals surface area contributed by atoms with E-state index in [9.17, 15) is 0 Å². The Morgan fingerprint density at radius 1 is 0.636 bits per heavy atom. The van der Waals surface area contributed by atoms with Crippen LogP contribution in [0.15, 0.2) is 88.8 Å². The van der Waals surface area contributed by atoms with Gasteiger partial charge in [0.2, 0.25) is 0 Å². The van der Waals surface area contributed by atoms with Crippen molar-refractivity contribution in [3.8, 4) is 0 Å². The Labute approximate surface area is 264 Å². The molecule has 0 aromatic heterocycles. The Morgan fingerprint density at radius 3 is 1.95 bits per heavy atom. The molecule has 1 N–H and O–H groups in total. The van der Waals surface area contributed by atoms with Crippen LogP contribution in [0, 0.1) is 21.7 Å². The van der Waals surface area contributed by atoms with Crippen LogP contribution in [0.3, 0.4) is 0 Å². The Balaban J connectivity index is 1.78. The lowest BCUT2D eigenvalue weighted by molar-refractivity contribution is 0.310. The molecule has 0 fully saturated rings. The smallest absolute Gasteiger partial charge is 0.253 e. The van der Waals surface area contributed by atoms with E-state index in [0.29, 0.717) is 18.5 Å².